The number of nitro groups is 1. The van der Waals surface area contributed by atoms with Gasteiger partial charge in [0.2, 0.25) is 6.04 Å². The second kappa shape index (κ2) is 9.76. The lowest BCUT2D eigenvalue weighted by atomic mass is 10.0. The average molecular weight is 435 g/mol. The largest absolute Gasteiger partial charge is 0.466 e. The Morgan fingerprint density at radius 3 is 1.45 bits per heavy atom. The fraction of sp³-hybridized carbons (Fsp3) is 0.200. The maximum atomic E-state index is 13.4. The van der Waals surface area contributed by atoms with E-state index < -0.39 is 24.8 Å². The van der Waals surface area contributed by atoms with E-state index in [1.807, 2.05) is 91.0 Å². The van der Waals surface area contributed by atoms with Crippen molar-refractivity contribution >= 4 is 34.1 Å². The monoisotopic (exact) mass is 435 g/mol. The number of rotatable bonds is 7. The Labute approximate surface area is 182 Å². The van der Waals surface area contributed by atoms with E-state index >= 15 is 0 Å². The molecule has 5 nitrogen and oxygen atoms in total. The van der Waals surface area contributed by atoms with E-state index in [2.05, 4.69) is 0 Å². The molecule has 0 aliphatic heterocycles. The zero-order valence-electron chi connectivity index (χ0n) is 17.8. The summed E-state index contributed by atoms with van der Waals surface area (Å²) in [5.74, 6) is -1.15. The number of ether oxygens (including phenoxy) is 1. The molecule has 0 saturated carbocycles. The van der Waals surface area contributed by atoms with Crippen LogP contribution >= 0.6 is 6.89 Å². The molecule has 3 rings (SSSR count). The highest BCUT2D eigenvalue weighted by atomic mass is 31.2. The van der Waals surface area contributed by atoms with Crippen LogP contribution < -0.4 is 15.9 Å². The van der Waals surface area contributed by atoms with Crippen LogP contribution in [0, 0.1) is 16.0 Å². The number of methoxy groups -OCH3 is 1. The Morgan fingerprint density at radius 1 is 0.806 bits per heavy atom. The van der Waals surface area contributed by atoms with Gasteiger partial charge in [0.25, 0.3) is 0 Å². The molecule has 0 unspecified atom stereocenters. The van der Waals surface area contributed by atoms with E-state index in [0.29, 0.717) is 5.29 Å². The van der Waals surface area contributed by atoms with Crippen molar-refractivity contribution in [3.63, 3.8) is 0 Å². The smallest absolute Gasteiger partial charge is 0.335 e. The first kappa shape index (κ1) is 22.5. The van der Waals surface area contributed by atoms with Gasteiger partial charge >= 0.3 is 5.97 Å². The third kappa shape index (κ3) is 4.19. The van der Waals surface area contributed by atoms with Gasteiger partial charge in [-0.25, -0.2) is 4.79 Å². The summed E-state index contributed by atoms with van der Waals surface area (Å²) in [7, 11) is 1.33. The first-order valence-corrected chi connectivity index (χ1v) is 11.9. The minimum absolute atomic E-state index is 0.330. The molecule has 0 bridgehead atoms. The lowest BCUT2D eigenvalue weighted by Crippen LogP contribution is -2.41. The third-order valence-electron chi connectivity index (χ3n) is 5.67. The Kier molecular flexibility index (Phi) is 7.09. The molecule has 0 amide bonds. The number of carbonyl (C=O) groups is 1. The van der Waals surface area contributed by atoms with Crippen molar-refractivity contribution in [1.29, 1.82) is 0 Å². The van der Waals surface area contributed by atoms with Crippen molar-refractivity contribution in [3.8, 4) is 0 Å². The second-order valence-corrected chi connectivity index (χ2v) is 10.7. The molecule has 0 fully saturated rings. The van der Waals surface area contributed by atoms with Gasteiger partial charge in [-0.15, -0.1) is 0 Å². The topological polar surface area (TPSA) is 69.4 Å². The quantitative estimate of drug-likeness (QED) is 0.246. The van der Waals surface area contributed by atoms with Crippen LogP contribution in [0.3, 0.4) is 0 Å². The molecule has 160 valence electrons. The third-order valence-corrected chi connectivity index (χ3v) is 10.2. The maximum absolute atomic E-state index is 13.4. The van der Waals surface area contributed by atoms with Crippen molar-refractivity contribution in [2.75, 3.05) is 7.11 Å². The van der Waals surface area contributed by atoms with Crippen LogP contribution in [0.25, 0.3) is 0 Å². The minimum Gasteiger partial charge on any atom is -0.466 e. The standard InChI is InChI=1S/C25H26NO4P/c1-19(20(2)26(28)29)24(25(27)30-3)31(21-13-7-4-8-14-21,22-15-9-5-10-16-22)23-17-11-6-12-18-23/h4-20H,1-3H3/t19-,20-/m1/s1. The first-order valence-electron chi connectivity index (χ1n) is 10.1. The number of hydrogen-bond donors (Lipinski definition) is 0. The molecule has 0 saturated heterocycles. The van der Waals surface area contributed by atoms with E-state index in [1.165, 1.54) is 7.11 Å². The highest BCUT2D eigenvalue weighted by Crippen LogP contribution is 2.48. The average Bonchev–Trinajstić information content (AvgIpc) is 2.82. The van der Waals surface area contributed by atoms with Crippen LogP contribution in [0.2, 0.25) is 0 Å². The van der Waals surface area contributed by atoms with Crippen LogP contribution in [-0.2, 0) is 9.53 Å². The zero-order valence-corrected chi connectivity index (χ0v) is 18.7. The molecule has 0 aliphatic rings. The molecule has 0 aromatic heterocycles. The van der Waals surface area contributed by atoms with E-state index in [-0.39, 0.29) is 4.92 Å². The molecule has 3 aromatic rings. The number of carbonyl (C=O) groups excluding carboxylic acids is 1. The molecule has 31 heavy (non-hydrogen) atoms. The van der Waals surface area contributed by atoms with Gasteiger partial charge in [0.05, 0.1) is 18.3 Å². The highest BCUT2D eigenvalue weighted by molar-refractivity contribution is 7.96. The van der Waals surface area contributed by atoms with Crippen molar-refractivity contribution in [2.45, 2.75) is 19.9 Å². The fourth-order valence-electron chi connectivity index (χ4n) is 3.96. The van der Waals surface area contributed by atoms with Crippen LogP contribution in [0.4, 0.5) is 0 Å². The van der Waals surface area contributed by atoms with Gasteiger partial charge in [-0.05, 0) is 22.8 Å². The van der Waals surface area contributed by atoms with E-state index in [1.54, 1.807) is 13.8 Å². The van der Waals surface area contributed by atoms with Gasteiger partial charge in [0.1, 0.15) is 0 Å². The minimum atomic E-state index is -2.75. The van der Waals surface area contributed by atoms with Crippen molar-refractivity contribution in [3.05, 3.63) is 101 Å². The summed E-state index contributed by atoms with van der Waals surface area (Å²) in [6, 6.07) is 28.4. The summed E-state index contributed by atoms with van der Waals surface area (Å²) in [6.45, 7) is 0.550. The van der Waals surface area contributed by atoms with E-state index in [0.717, 1.165) is 15.9 Å². The van der Waals surface area contributed by atoms with Gasteiger partial charge in [0, 0.05) is 11.8 Å². The van der Waals surface area contributed by atoms with Crippen LogP contribution in [0.15, 0.2) is 91.0 Å². The van der Waals surface area contributed by atoms with Gasteiger partial charge in [-0.1, -0.05) is 97.9 Å². The number of benzene rings is 3. The molecule has 3 aromatic carbocycles. The summed E-state index contributed by atoms with van der Waals surface area (Å²) in [5.41, 5.74) is 0. The molecule has 0 aliphatic carbocycles. The lowest BCUT2D eigenvalue weighted by molar-refractivity contribution is -0.523. The Balaban J connectivity index is 2.63. The van der Waals surface area contributed by atoms with Crippen LogP contribution in [-0.4, -0.2) is 29.3 Å². The highest BCUT2D eigenvalue weighted by Gasteiger charge is 2.40. The molecule has 0 heterocycles. The Hall–Kier alpha value is -3.17. The number of esters is 1. The van der Waals surface area contributed by atoms with Crippen LogP contribution in [0.1, 0.15) is 13.8 Å². The summed E-state index contributed by atoms with van der Waals surface area (Å²) in [5, 5.41) is 15.1. The zero-order chi connectivity index (χ0) is 22.4. The summed E-state index contributed by atoms with van der Waals surface area (Å²) >= 11 is 0. The van der Waals surface area contributed by atoms with Gasteiger partial charge in [-0.2, -0.15) is 0 Å². The summed E-state index contributed by atoms with van der Waals surface area (Å²) in [6.07, 6.45) is 0. The Morgan fingerprint density at radius 2 is 1.16 bits per heavy atom. The second-order valence-electron chi connectivity index (χ2n) is 7.37. The molecule has 2 atom stereocenters. The number of nitrogens with zero attached hydrogens (tertiary/aromatic N) is 1. The molecule has 6 heteroatoms. The van der Waals surface area contributed by atoms with Gasteiger partial charge in [-0.3, -0.25) is 10.1 Å². The lowest BCUT2D eigenvalue weighted by Gasteiger charge is -2.34. The predicted molar refractivity (Wildman–Crippen MR) is 128 cm³/mol. The molecular formula is C25H26NO4P. The number of hydrogen-bond acceptors (Lipinski definition) is 4. The molecule has 0 radical (unpaired) electrons. The van der Waals surface area contributed by atoms with Gasteiger partial charge in [0.15, 0.2) is 0 Å². The van der Waals surface area contributed by atoms with Gasteiger partial charge < -0.3 is 4.74 Å². The summed E-state index contributed by atoms with van der Waals surface area (Å²) in [4.78, 5) is 24.8. The predicted octanol–water partition coefficient (Wildman–Crippen LogP) is 3.63. The van der Waals surface area contributed by atoms with E-state index in [4.69, 9.17) is 4.74 Å². The maximum Gasteiger partial charge on any atom is 0.335 e. The molecule has 0 N–H and O–H groups in total. The van der Waals surface area contributed by atoms with E-state index in [9.17, 15) is 14.9 Å². The summed E-state index contributed by atoms with van der Waals surface area (Å²) < 4.78 is 5.26. The fourth-order valence-corrected chi connectivity index (χ4v) is 8.74. The Bertz CT molecular complexity index is 995. The van der Waals surface area contributed by atoms with Crippen molar-refractivity contribution in [1.82, 2.24) is 0 Å². The normalized spacial score (nSPS) is 13.1. The molecular weight excluding hydrogens is 409 g/mol. The van der Waals surface area contributed by atoms with Crippen molar-refractivity contribution < 1.29 is 14.5 Å². The molecule has 0 spiro atoms. The first-order chi connectivity index (χ1) is 14.9. The SMILES string of the molecule is COC(=O)C([C@H](C)[C@@H](C)[N+](=O)[O-])=P(c1ccccc1)(c1ccccc1)c1ccccc1. The van der Waals surface area contributed by atoms with Crippen molar-refractivity contribution in [2.24, 2.45) is 5.92 Å². The van der Waals surface area contributed by atoms with Crippen LogP contribution in [0.5, 0.6) is 0 Å².